The van der Waals surface area contributed by atoms with E-state index >= 15 is 0 Å². The lowest BCUT2D eigenvalue weighted by Crippen LogP contribution is -2.01. The molecular formula is C19H12N4O4S. The fourth-order valence-corrected chi connectivity index (χ4v) is 3.32. The van der Waals surface area contributed by atoms with Crippen molar-refractivity contribution in [2.75, 3.05) is 5.43 Å². The second kappa shape index (κ2) is 7.41. The summed E-state index contributed by atoms with van der Waals surface area (Å²) in [5.41, 5.74) is 3.71. The number of nitro groups is 1. The quantitative estimate of drug-likeness (QED) is 0.235. The second-order valence-electron chi connectivity index (χ2n) is 5.74. The van der Waals surface area contributed by atoms with Crippen LogP contribution in [0.25, 0.3) is 21.4 Å². The summed E-state index contributed by atoms with van der Waals surface area (Å²) >= 11 is 1.22. The van der Waals surface area contributed by atoms with Gasteiger partial charge in [-0.3, -0.25) is 15.5 Å². The third-order valence-electron chi connectivity index (χ3n) is 3.87. The molecule has 138 valence electrons. The standard InChI is InChI=1S/C19H12N4O4S/c24-18-15(9-13-8-14(23(25)26)6-7-16(13)27-18)17-11-20-19(28-17)22-21-10-12-4-2-1-3-5-12/h1-11H,(H,20,22). The second-order valence-corrected chi connectivity index (χ2v) is 6.77. The molecule has 0 aliphatic carbocycles. The molecule has 28 heavy (non-hydrogen) atoms. The van der Waals surface area contributed by atoms with E-state index in [4.69, 9.17) is 4.42 Å². The summed E-state index contributed by atoms with van der Waals surface area (Å²) in [6.45, 7) is 0. The van der Waals surface area contributed by atoms with Crippen molar-refractivity contribution < 1.29 is 9.34 Å². The number of rotatable bonds is 5. The average molecular weight is 392 g/mol. The molecule has 0 atom stereocenters. The summed E-state index contributed by atoms with van der Waals surface area (Å²) in [6.07, 6.45) is 3.19. The van der Waals surface area contributed by atoms with Gasteiger partial charge in [-0.2, -0.15) is 5.10 Å². The van der Waals surface area contributed by atoms with E-state index in [-0.39, 0.29) is 16.8 Å². The van der Waals surface area contributed by atoms with Crippen molar-refractivity contribution in [1.82, 2.24) is 4.98 Å². The summed E-state index contributed by atoms with van der Waals surface area (Å²) in [7, 11) is 0. The normalized spacial score (nSPS) is 11.1. The van der Waals surface area contributed by atoms with E-state index in [2.05, 4.69) is 15.5 Å². The van der Waals surface area contributed by atoms with Gasteiger partial charge in [-0.1, -0.05) is 41.7 Å². The number of hydrogen-bond donors (Lipinski definition) is 1. The minimum absolute atomic E-state index is 0.0748. The van der Waals surface area contributed by atoms with Crippen molar-refractivity contribution in [3.05, 3.63) is 86.9 Å². The molecule has 8 nitrogen and oxygen atoms in total. The van der Waals surface area contributed by atoms with Gasteiger partial charge in [-0.25, -0.2) is 9.78 Å². The maximum Gasteiger partial charge on any atom is 0.345 e. The Bertz CT molecular complexity index is 1250. The fourth-order valence-electron chi connectivity index (χ4n) is 2.55. The SMILES string of the molecule is O=c1oc2ccc([N+](=O)[O-])cc2cc1-c1cnc(NN=Cc2ccccc2)s1. The fraction of sp³-hybridized carbons (Fsp3) is 0. The highest BCUT2D eigenvalue weighted by molar-refractivity contribution is 7.18. The molecule has 0 saturated heterocycles. The van der Waals surface area contributed by atoms with Crippen LogP contribution in [-0.2, 0) is 0 Å². The average Bonchev–Trinajstić information content (AvgIpc) is 3.16. The van der Waals surface area contributed by atoms with Crippen molar-refractivity contribution in [2.24, 2.45) is 5.10 Å². The van der Waals surface area contributed by atoms with Crippen LogP contribution in [0.4, 0.5) is 10.8 Å². The van der Waals surface area contributed by atoms with Gasteiger partial charge >= 0.3 is 5.63 Å². The van der Waals surface area contributed by atoms with E-state index in [1.807, 2.05) is 30.3 Å². The van der Waals surface area contributed by atoms with E-state index in [0.717, 1.165) is 5.56 Å². The first-order valence-corrected chi connectivity index (χ1v) is 8.94. The molecule has 0 spiro atoms. The summed E-state index contributed by atoms with van der Waals surface area (Å²) in [6, 6.07) is 15.2. The number of nitrogens with zero attached hydrogens (tertiary/aromatic N) is 3. The lowest BCUT2D eigenvalue weighted by atomic mass is 10.1. The Labute approximate surface area is 161 Å². The van der Waals surface area contributed by atoms with Crippen LogP contribution in [0.15, 0.2) is 75.1 Å². The van der Waals surface area contributed by atoms with Crippen LogP contribution in [-0.4, -0.2) is 16.1 Å². The maximum atomic E-state index is 12.3. The molecule has 2 aromatic heterocycles. The topological polar surface area (TPSA) is 111 Å². The van der Waals surface area contributed by atoms with Crippen LogP contribution in [0.2, 0.25) is 0 Å². The lowest BCUT2D eigenvalue weighted by molar-refractivity contribution is -0.384. The van der Waals surface area contributed by atoms with E-state index in [1.54, 1.807) is 12.3 Å². The minimum Gasteiger partial charge on any atom is -0.422 e. The van der Waals surface area contributed by atoms with Gasteiger partial charge in [0, 0.05) is 23.7 Å². The number of aromatic nitrogens is 1. The third kappa shape index (κ3) is 3.64. The summed E-state index contributed by atoms with van der Waals surface area (Å²) in [5.74, 6) is 0. The first kappa shape index (κ1) is 17.6. The molecule has 4 rings (SSSR count). The number of nitro benzene ring substituents is 1. The largest absolute Gasteiger partial charge is 0.422 e. The molecule has 1 N–H and O–H groups in total. The molecule has 0 amide bonds. The van der Waals surface area contributed by atoms with Crippen LogP contribution in [0, 0.1) is 10.1 Å². The zero-order valence-corrected chi connectivity index (χ0v) is 15.1. The van der Waals surface area contributed by atoms with Gasteiger partial charge in [0.05, 0.1) is 21.6 Å². The molecule has 0 radical (unpaired) electrons. The molecule has 0 aliphatic heterocycles. The van der Waals surface area contributed by atoms with Crippen LogP contribution >= 0.6 is 11.3 Å². The highest BCUT2D eigenvalue weighted by Crippen LogP contribution is 2.29. The number of thiazole rings is 1. The van der Waals surface area contributed by atoms with E-state index < -0.39 is 10.5 Å². The number of non-ortho nitro benzene ring substituents is 1. The molecular weight excluding hydrogens is 380 g/mol. The number of hydrogen-bond acceptors (Lipinski definition) is 8. The van der Waals surface area contributed by atoms with E-state index in [0.29, 0.717) is 15.4 Å². The van der Waals surface area contributed by atoms with Gasteiger partial charge in [-0.15, -0.1) is 0 Å². The summed E-state index contributed by atoms with van der Waals surface area (Å²) in [4.78, 5) is 27.5. The van der Waals surface area contributed by atoms with Gasteiger partial charge in [-0.05, 0) is 17.7 Å². The number of benzene rings is 2. The van der Waals surface area contributed by atoms with Crippen molar-refractivity contribution in [3.8, 4) is 10.4 Å². The number of anilines is 1. The monoisotopic (exact) mass is 392 g/mol. The molecule has 0 fully saturated rings. The maximum absolute atomic E-state index is 12.3. The van der Waals surface area contributed by atoms with E-state index in [9.17, 15) is 14.9 Å². The van der Waals surface area contributed by atoms with Crippen molar-refractivity contribution in [3.63, 3.8) is 0 Å². The van der Waals surface area contributed by atoms with Gasteiger partial charge < -0.3 is 4.42 Å². The highest BCUT2D eigenvalue weighted by Gasteiger charge is 2.14. The van der Waals surface area contributed by atoms with E-state index in [1.165, 1.54) is 35.7 Å². The minimum atomic E-state index is -0.538. The Morgan fingerprint density at radius 3 is 2.79 bits per heavy atom. The zero-order valence-electron chi connectivity index (χ0n) is 14.2. The van der Waals surface area contributed by atoms with Gasteiger partial charge in [0.2, 0.25) is 5.13 Å². The van der Waals surface area contributed by atoms with Crippen molar-refractivity contribution >= 4 is 39.3 Å². The number of fused-ring (bicyclic) bond motifs is 1. The smallest absolute Gasteiger partial charge is 0.345 e. The Morgan fingerprint density at radius 2 is 2.00 bits per heavy atom. The Balaban J connectivity index is 1.61. The molecule has 0 unspecified atom stereocenters. The van der Waals surface area contributed by atoms with Crippen LogP contribution in [0.5, 0.6) is 0 Å². The Kier molecular flexibility index (Phi) is 4.65. The van der Waals surface area contributed by atoms with Crippen molar-refractivity contribution in [2.45, 2.75) is 0 Å². The number of nitrogens with one attached hydrogen (secondary N) is 1. The molecule has 9 heteroatoms. The summed E-state index contributed by atoms with van der Waals surface area (Å²) < 4.78 is 5.28. The zero-order chi connectivity index (χ0) is 19.5. The van der Waals surface area contributed by atoms with Crippen LogP contribution in [0.1, 0.15) is 5.56 Å². The third-order valence-corrected chi connectivity index (χ3v) is 4.81. The predicted octanol–water partition coefficient (Wildman–Crippen LogP) is 4.27. The first-order valence-electron chi connectivity index (χ1n) is 8.13. The van der Waals surface area contributed by atoms with Gasteiger partial charge in [0.25, 0.3) is 5.69 Å². The Morgan fingerprint density at radius 1 is 1.18 bits per heavy atom. The lowest BCUT2D eigenvalue weighted by Gasteiger charge is -2.00. The van der Waals surface area contributed by atoms with Crippen LogP contribution < -0.4 is 11.1 Å². The molecule has 0 saturated carbocycles. The molecule has 2 heterocycles. The Hall–Kier alpha value is -3.85. The molecule has 4 aromatic rings. The highest BCUT2D eigenvalue weighted by atomic mass is 32.1. The summed E-state index contributed by atoms with van der Waals surface area (Å²) in [5, 5.41) is 16.0. The van der Waals surface area contributed by atoms with Crippen LogP contribution in [0.3, 0.4) is 0 Å². The first-order chi connectivity index (χ1) is 13.6. The molecule has 0 bridgehead atoms. The number of hydrazone groups is 1. The van der Waals surface area contributed by atoms with Gasteiger partial charge in [0.15, 0.2) is 0 Å². The predicted molar refractivity (Wildman–Crippen MR) is 108 cm³/mol. The molecule has 2 aromatic carbocycles. The van der Waals surface area contributed by atoms with Crippen molar-refractivity contribution in [1.29, 1.82) is 0 Å². The molecule has 0 aliphatic rings. The van der Waals surface area contributed by atoms with Gasteiger partial charge in [0.1, 0.15) is 5.58 Å².